The molecule has 0 spiro atoms. The fourth-order valence-corrected chi connectivity index (χ4v) is 2.82. The minimum atomic E-state index is -0.507. The Labute approximate surface area is 83.8 Å². The van der Waals surface area contributed by atoms with Crippen LogP contribution in [0.4, 0.5) is 4.79 Å². The van der Waals surface area contributed by atoms with Crippen LogP contribution < -0.4 is 0 Å². The number of fused-ring (bicyclic) bond motifs is 1. The standard InChI is InChI=1S/C10H17NO3/c12-7-14-10(13)11-6-2-4-8-3-1-5-9(8)11/h8-9,12H,1-7H2. The highest BCUT2D eigenvalue weighted by molar-refractivity contribution is 5.68. The average Bonchev–Trinajstić information content (AvgIpc) is 2.65. The first-order chi connectivity index (χ1) is 6.83. The van der Waals surface area contributed by atoms with E-state index >= 15 is 0 Å². The van der Waals surface area contributed by atoms with Crippen molar-refractivity contribution in [2.24, 2.45) is 5.92 Å². The van der Waals surface area contributed by atoms with Crippen molar-refractivity contribution in [3.8, 4) is 0 Å². The summed E-state index contributed by atoms with van der Waals surface area (Å²) in [7, 11) is 0. The Bertz CT molecular complexity index is 219. The molecule has 14 heavy (non-hydrogen) atoms. The van der Waals surface area contributed by atoms with Crippen LogP contribution in [0.1, 0.15) is 32.1 Å². The molecule has 2 unspecified atom stereocenters. The Morgan fingerprint density at radius 3 is 2.93 bits per heavy atom. The van der Waals surface area contributed by atoms with Gasteiger partial charge in [-0.25, -0.2) is 4.79 Å². The molecule has 0 aromatic heterocycles. The zero-order chi connectivity index (χ0) is 9.97. The van der Waals surface area contributed by atoms with Crippen LogP contribution in [0.2, 0.25) is 0 Å². The Hall–Kier alpha value is -0.770. The lowest BCUT2D eigenvalue weighted by molar-refractivity contribution is 0.00451. The van der Waals surface area contributed by atoms with Gasteiger partial charge in [0.15, 0.2) is 6.79 Å². The molecule has 80 valence electrons. The van der Waals surface area contributed by atoms with E-state index in [1.165, 1.54) is 19.3 Å². The lowest BCUT2D eigenvalue weighted by Gasteiger charge is -2.36. The van der Waals surface area contributed by atoms with Crippen LogP contribution in [0.5, 0.6) is 0 Å². The first-order valence-electron chi connectivity index (χ1n) is 5.37. The summed E-state index contributed by atoms with van der Waals surface area (Å²) in [5.74, 6) is 0.676. The van der Waals surface area contributed by atoms with Crippen molar-refractivity contribution in [3.05, 3.63) is 0 Å². The van der Waals surface area contributed by atoms with Crippen LogP contribution in [0.25, 0.3) is 0 Å². The second-order valence-corrected chi connectivity index (χ2v) is 4.13. The van der Waals surface area contributed by atoms with Crippen LogP contribution in [0, 0.1) is 5.92 Å². The van der Waals surface area contributed by atoms with E-state index in [1.807, 2.05) is 0 Å². The zero-order valence-electron chi connectivity index (χ0n) is 8.32. The quantitative estimate of drug-likeness (QED) is 0.648. The van der Waals surface area contributed by atoms with Gasteiger partial charge in [-0.1, -0.05) is 6.42 Å². The summed E-state index contributed by atoms with van der Waals surface area (Å²) in [5, 5.41) is 8.54. The molecule has 1 saturated carbocycles. The number of aliphatic hydroxyl groups excluding tert-OH is 1. The van der Waals surface area contributed by atoms with Crippen molar-refractivity contribution in [2.75, 3.05) is 13.3 Å². The number of ether oxygens (including phenoxy) is 1. The van der Waals surface area contributed by atoms with Gasteiger partial charge in [-0.05, 0) is 31.6 Å². The van der Waals surface area contributed by atoms with Crippen LogP contribution >= 0.6 is 0 Å². The minimum absolute atomic E-state index is 0.343. The number of aliphatic hydroxyl groups is 1. The van der Waals surface area contributed by atoms with E-state index in [4.69, 9.17) is 5.11 Å². The summed E-state index contributed by atoms with van der Waals surface area (Å²) in [5.41, 5.74) is 0. The molecule has 1 aliphatic heterocycles. The molecule has 0 radical (unpaired) electrons. The van der Waals surface area contributed by atoms with Gasteiger partial charge < -0.3 is 14.7 Å². The van der Waals surface area contributed by atoms with E-state index in [0.717, 1.165) is 19.4 Å². The largest absolute Gasteiger partial charge is 0.422 e. The summed E-state index contributed by atoms with van der Waals surface area (Å²) in [6.45, 7) is 0.284. The predicted octanol–water partition coefficient (Wildman–Crippen LogP) is 1.34. The maximum Gasteiger partial charge on any atom is 0.412 e. The van der Waals surface area contributed by atoms with Crippen molar-refractivity contribution >= 4 is 6.09 Å². The topological polar surface area (TPSA) is 49.8 Å². The highest BCUT2D eigenvalue weighted by Gasteiger charge is 2.37. The first-order valence-corrected chi connectivity index (χ1v) is 5.37. The molecule has 0 aromatic carbocycles. The molecular weight excluding hydrogens is 182 g/mol. The monoisotopic (exact) mass is 199 g/mol. The third-order valence-corrected chi connectivity index (χ3v) is 3.42. The Morgan fingerprint density at radius 1 is 1.36 bits per heavy atom. The van der Waals surface area contributed by atoms with E-state index in [0.29, 0.717) is 12.0 Å². The smallest absolute Gasteiger partial charge is 0.412 e. The molecule has 2 rings (SSSR count). The maximum atomic E-state index is 11.5. The van der Waals surface area contributed by atoms with Crippen molar-refractivity contribution in [2.45, 2.75) is 38.1 Å². The summed E-state index contributed by atoms with van der Waals surface area (Å²) in [6.07, 6.45) is 5.54. The number of likely N-dealkylation sites (tertiary alicyclic amines) is 1. The van der Waals surface area contributed by atoms with E-state index in [9.17, 15) is 4.79 Å². The molecule has 2 fully saturated rings. The number of hydrogen-bond donors (Lipinski definition) is 1. The second kappa shape index (κ2) is 4.17. The van der Waals surface area contributed by atoms with Gasteiger partial charge in [0.2, 0.25) is 0 Å². The summed E-state index contributed by atoms with van der Waals surface area (Å²) in [4.78, 5) is 13.3. The third-order valence-electron chi connectivity index (χ3n) is 3.42. The van der Waals surface area contributed by atoms with Gasteiger partial charge in [0.25, 0.3) is 0 Å². The van der Waals surface area contributed by atoms with E-state index in [1.54, 1.807) is 4.90 Å². The Balaban J connectivity index is 1.99. The first kappa shape index (κ1) is 9.77. The fraction of sp³-hybridized carbons (Fsp3) is 0.900. The van der Waals surface area contributed by atoms with Crippen molar-refractivity contribution < 1.29 is 14.6 Å². The van der Waals surface area contributed by atoms with Gasteiger partial charge in [0.05, 0.1) is 0 Å². The highest BCUT2D eigenvalue weighted by atomic mass is 16.6. The number of carbonyl (C=O) groups is 1. The van der Waals surface area contributed by atoms with Gasteiger partial charge >= 0.3 is 6.09 Å². The number of nitrogens with zero attached hydrogens (tertiary/aromatic N) is 1. The van der Waals surface area contributed by atoms with Gasteiger partial charge in [0.1, 0.15) is 0 Å². The van der Waals surface area contributed by atoms with Crippen molar-refractivity contribution in [1.82, 2.24) is 4.90 Å². The van der Waals surface area contributed by atoms with E-state index < -0.39 is 6.79 Å². The number of carbonyl (C=O) groups excluding carboxylic acids is 1. The zero-order valence-corrected chi connectivity index (χ0v) is 8.32. The summed E-state index contributed by atoms with van der Waals surface area (Å²) < 4.78 is 4.63. The van der Waals surface area contributed by atoms with E-state index in [2.05, 4.69) is 4.74 Å². The number of rotatable bonds is 1. The van der Waals surface area contributed by atoms with Gasteiger partial charge in [-0.2, -0.15) is 0 Å². The van der Waals surface area contributed by atoms with Gasteiger partial charge in [-0.3, -0.25) is 0 Å². The molecule has 1 N–H and O–H groups in total. The van der Waals surface area contributed by atoms with E-state index in [-0.39, 0.29) is 6.09 Å². The summed E-state index contributed by atoms with van der Waals surface area (Å²) >= 11 is 0. The molecule has 1 saturated heterocycles. The number of hydrogen-bond acceptors (Lipinski definition) is 3. The fourth-order valence-electron chi connectivity index (χ4n) is 2.82. The Morgan fingerprint density at radius 2 is 2.14 bits per heavy atom. The molecule has 4 nitrogen and oxygen atoms in total. The molecule has 0 aromatic rings. The molecule has 4 heteroatoms. The normalized spacial score (nSPS) is 31.4. The molecule has 2 aliphatic rings. The molecule has 0 bridgehead atoms. The van der Waals surface area contributed by atoms with Gasteiger partial charge in [-0.15, -0.1) is 0 Å². The van der Waals surface area contributed by atoms with Crippen LogP contribution in [-0.2, 0) is 4.74 Å². The molecule has 1 aliphatic carbocycles. The van der Waals surface area contributed by atoms with Crippen LogP contribution in [-0.4, -0.2) is 35.5 Å². The van der Waals surface area contributed by atoms with Crippen LogP contribution in [0.3, 0.4) is 0 Å². The summed E-state index contributed by atoms with van der Waals surface area (Å²) in [6, 6.07) is 0.378. The molecule has 1 heterocycles. The Kier molecular flexibility index (Phi) is 2.91. The van der Waals surface area contributed by atoms with Crippen LogP contribution in [0.15, 0.2) is 0 Å². The molecule has 1 amide bonds. The number of amides is 1. The number of piperidine rings is 1. The maximum absolute atomic E-state index is 11.5. The van der Waals surface area contributed by atoms with Gasteiger partial charge in [0, 0.05) is 12.6 Å². The lowest BCUT2D eigenvalue weighted by Crippen LogP contribution is -2.46. The second-order valence-electron chi connectivity index (χ2n) is 4.13. The van der Waals surface area contributed by atoms with Crippen molar-refractivity contribution in [1.29, 1.82) is 0 Å². The highest BCUT2D eigenvalue weighted by Crippen LogP contribution is 2.36. The van der Waals surface area contributed by atoms with Crippen molar-refractivity contribution in [3.63, 3.8) is 0 Å². The molecular formula is C10H17NO3. The third kappa shape index (κ3) is 1.71. The molecule has 2 atom stereocenters. The minimum Gasteiger partial charge on any atom is -0.422 e. The lowest BCUT2D eigenvalue weighted by atomic mass is 9.92. The SMILES string of the molecule is O=C(OCO)N1CCCC2CCCC21. The predicted molar refractivity (Wildman–Crippen MR) is 50.6 cm³/mol. The average molecular weight is 199 g/mol.